The summed E-state index contributed by atoms with van der Waals surface area (Å²) in [7, 11) is 0. The highest BCUT2D eigenvalue weighted by Gasteiger charge is 2.11. The van der Waals surface area contributed by atoms with Gasteiger partial charge >= 0.3 is 0 Å². The number of thioether (sulfide) groups is 1. The molecule has 0 aliphatic carbocycles. The molecule has 0 fully saturated rings. The molecule has 0 saturated carbocycles. The topological polar surface area (TPSA) is 37.3 Å². The van der Waals surface area contributed by atoms with Gasteiger partial charge in [0, 0.05) is 6.42 Å². The minimum atomic E-state index is -0.664. The van der Waals surface area contributed by atoms with Crippen LogP contribution in [0.5, 0.6) is 0 Å². The van der Waals surface area contributed by atoms with Gasteiger partial charge in [0.05, 0.1) is 6.10 Å². The van der Waals surface area contributed by atoms with Crippen LogP contribution in [0.2, 0.25) is 0 Å². The highest BCUT2D eigenvalue weighted by molar-refractivity contribution is 8.13. The predicted octanol–water partition coefficient (Wildman–Crippen LogP) is 2.39. The molecule has 0 heterocycles. The number of aliphatic hydroxyl groups excluding tert-OH is 1. The smallest absolute Gasteiger partial charge is 0.191 e. The number of hydrogen-bond acceptors (Lipinski definition) is 3. The summed E-state index contributed by atoms with van der Waals surface area (Å²) in [5.74, 6) is 0.764. The molecule has 0 radical (unpaired) electrons. The Bertz CT molecular complexity index is 285. The van der Waals surface area contributed by atoms with Gasteiger partial charge in [-0.05, 0) is 11.3 Å². The average Bonchev–Trinajstić information content (AvgIpc) is 2.19. The summed E-state index contributed by atoms with van der Waals surface area (Å²) >= 11 is 1.26. The van der Waals surface area contributed by atoms with Crippen LogP contribution in [0.1, 0.15) is 25.0 Å². The third-order valence-corrected chi connectivity index (χ3v) is 2.63. The number of rotatable bonds is 4. The molecule has 0 saturated heterocycles. The minimum Gasteiger partial charge on any atom is -0.388 e. The number of hydrogen-bond donors (Lipinski definition) is 1. The maximum atomic E-state index is 11.2. The molecule has 1 aromatic rings. The zero-order valence-electron chi connectivity index (χ0n) is 8.14. The van der Waals surface area contributed by atoms with Gasteiger partial charge in [0.15, 0.2) is 5.12 Å². The SMILES string of the molecule is CCSC(=O)CC(O)c1ccccc1. The summed E-state index contributed by atoms with van der Waals surface area (Å²) in [5, 5.41) is 9.73. The van der Waals surface area contributed by atoms with Crippen molar-refractivity contribution < 1.29 is 9.90 Å². The fraction of sp³-hybridized carbons (Fsp3) is 0.364. The maximum Gasteiger partial charge on any atom is 0.191 e. The van der Waals surface area contributed by atoms with E-state index in [9.17, 15) is 9.90 Å². The van der Waals surface area contributed by atoms with Crippen LogP contribution in [-0.4, -0.2) is 16.0 Å². The van der Waals surface area contributed by atoms with Crippen LogP contribution >= 0.6 is 11.8 Å². The first kappa shape index (κ1) is 11.3. The lowest BCUT2D eigenvalue weighted by atomic mass is 10.1. The standard InChI is InChI=1S/C11H14O2S/c1-2-14-11(13)8-10(12)9-6-4-3-5-7-9/h3-7,10,12H,2,8H2,1H3. The van der Waals surface area contributed by atoms with Gasteiger partial charge in [-0.15, -0.1) is 0 Å². The van der Waals surface area contributed by atoms with Crippen molar-refractivity contribution in [1.82, 2.24) is 0 Å². The summed E-state index contributed by atoms with van der Waals surface area (Å²) in [6, 6.07) is 9.26. The summed E-state index contributed by atoms with van der Waals surface area (Å²) < 4.78 is 0. The summed E-state index contributed by atoms with van der Waals surface area (Å²) in [6.45, 7) is 1.93. The summed E-state index contributed by atoms with van der Waals surface area (Å²) in [4.78, 5) is 11.2. The molecular formula is C11H14O2S. The third-order valence-electron chi connectivity index (χ3n) is 1.85. The number of carbonyl (C=O) groups excluding carboxylic acids is 1. The van der Waals surface area contributed by atoms with Gasteiger partial charge in [-0.1, -0.05) is 49.0 Å². The van der Waals surface area contributed by atoms with Crippen LogP contribution in [0, 0.1) is 0 Å². The van der Waals surface area contributed by atoms with E-state index in [2.05, 4.69) is 0 Å². The van der Waals surface area contributed by atoms with E-state index in [1.54, 1.807) is 0 Å². The quantitative estimate of drug-likeness (QED) is 0.829. The minimum absolute atomic E-state index is 0.0452. The van der Waals surface area contributed by atoms with Gasteiger partial charge in [-0.3, -0.25) is 4.79 Å². The molecule has 0 amide bonds. The van der Waals surface area contributed by atoms with Crippen LogP contribution in [0.3, 0.4) is 0 Å². The number of benzene rings is 1. The van der Waals surface area contributed by atoms with Crippen molar-refractivity contribution in [3.05, 3.63) is 35.9 Å². The first-order valence-corrected chi connectivity index (χ1v) is 5.61. The average molecular weight is 210 g/mol. The molecule has 0 aliphatic rings. The normalized spacial score (nSPS) is 12.4. The highest BCUT2D eigenvalue weighted by Crippen LogP contribution is 2.19. The molecule has 1 atom stereocenters. The molecular weight excluding hydrogens is 196 g/mol. The molecule has 1 rings (SSSR count). The third kappa shape index (κ3) is 3.52. The van der Waals surface area contributed by atoms with Crippen LogP contribution in [0.25, 0.3) is 0 Å². The Morgan fingerprint density at radius 1 is 1.43 bits per heavy atom. The molecule has 1 aromatic carbocycles. The lowest BCUT2D eigenvalue weighted by Crippen LogP contribution is -2.03. The van der Waals surface area contributed by atoms with Crippen LogP contribution in [0.4, 0.5) is 0 Å². The van der Waals surface area contributed by atoms with Gasteiger partial charge in [0.1, 0.15) is 0 Å². The van der Waals surface area contributed by atoms with Crippen molar-refractivity contribution in [3.63, 3.8) is 0 Å². The Balaban J connectivity index is 2.50. The monoisotopic (exact) mass is 210 g/mol. The van der Waals surface area contributed by atoms with Crippen molar-refractivity contribution in [2.24, 2.45) is 0 Å². The Morgan fingerprint density at radius 2 is 2.07 bits per heavy atom. The second-order valence-corrected chi connectivity index (χ2v) is 4.26. The van der Waals surface area contributed by atoms with E-state index >= 15 is 0 Å². The highest BCUT2D eigenvalue weighted by atomic mass is 32.2. The van der Waals surface area contributed by atoms with E-state index in [-0.39, 0.29) is 11.5 Å². The van der Waals surface area contributed by atoms with E-state index in [1.165, 1.54) is 11.8 Å². The largest absolute Gasteiger partial charge is 0.388 e. The van der Waals surface area contributed by atoms with Crippen molar-refractivity contribution in [1.29, 1.82) is 0 Å². The van der Waals surface area contributed by atoms with Gasteiger partial charge in [-0.2, -0.15) is 0 Å². The lowest BCUT2D eigenvalue weighted by Gasteiger charge is -2.08. The summed E-state index contributed by atoms with van der Waals surface area (Å²) in [5.41, 5.74) is 0.803. The van der Waals surface area contributed by atoms with Gasteiger partial charge in [0.25, 0.3) is 0 Å². The number of aliphatic hydroxyl groups is 1. The van der Waals surface area contributed by atoms with E-state index in [0.29, 0.717) is 0 Å². The zero-order valence-corrected chi connectivity index (χ0v) is 8.96. The zero-order chi connectivity index (χ0) is 10.4. The Kier molecular flexibility index (Phi) is 4.70. The van der Waals surface area contributed by atoms with Crippen molar-refractivity contribution in [2.75, 3.05) is 5.75 Å². The van der Waals surface area contributed by atoms with Crippen LogP contribution < -0.4 is 0 Å². The molecule has 1 N–H and O–H groups in total. The van der Waals surface area contributed by atoms with Crippen molar-refractivity contribution in [2.45, 2.75) is 19.4 Å². The van der Waals surface area contributed by atoms with Gasteiger partial charge in [-0.25, -0.2) is 0 Å². The molecule has 76 valence electrons. The van der Waals surface area contributed by atoms with E-state index in [4.69, 9.17) is 0 Å². The fourth-order valence-electron chi connectivity index (χ4n) is 1.17. The van der Waals surface area contributed by atoms with Crippen LogP contribution in [-0.2, 0) is 4.79 Å². The van der Waals surface area contributed by atoms with E-state index < -0.39 is 6.10 Å². The fourth-order valence-corrected chi connectivity index (χ4v) is 1.77. The predicted molar refractivity (Wildman–Crippen MR) is 59.2 cm³/mol. The molecule has 0 bridgehead atoms. The molecule has 14 heavy (non-hydrogen) atoms. The summed E-state index contributed by atoms with van der Waals surface area (Å²) in [6.07, 6.45) is -0.467. The second-order valence-electron chi connectivity index (χ2n) is 2.94. The molecule has 0 aliphatic heterocycles. The van der Waals surface area contributed by atoms with Crippen LogP contribution in [0.15, 0.2) is 30.3 Å². The first-order valence-electron chi connectivity index (χ1n) is 4.62. The molecule has 0 spiro atoms. The Labute approximate surface area is 88.3 Å². The lowest BCUT2D eigenvalue weighted by molar-refractivity contribution is -0.112. The number of carbonyl (C=O) groups is 1. The van der Waals surface area contributed by atoms with E-state index in [1.807, 2.05) is 37.3 Å². The second kappa shape index (κ2) is 5.83. The molecule has 1 unspecified atom stereocenters. The van der Waals surface area contributed by atoms with Crippen molar-refractivity contribution in [3.8, 4) is 0 Å². The van der Waals surface area contributed by atoms with Gasteiger partial charge < -0.3 is 5.11 Å². The molecule has 0 aromatic heterocycles. The van der Waals surface area contributed by atoms with E-state index in [0.717, 1.165) is 11.3 Å². The Hall–Kier alpha value is -0.800. The molecule has 3 heteroatoms. The Morgan fingerprint density at radius 3 is 2.64 bits per heavy atom. The molecule has 2 nitrogen and oxygen atoms in total. The van der Waals surface area contributed by atoms with Gasteiger partial charge in [0.2, 0.25) is 0 Å². The van der Waals surface area contributed by atoms with Crippen molar-refractivity contribution >= 4 is 16.9 Å². The maximum absolute atomic E-state index is 11.2. The first-order chi connectivity index (χ1) is 6.74.